The van der Waals surface area contributed by atoms with Gasteiger partial charge in [-0.1, -0.05) is 0 Å². The molecular weight excluding hydrogens is 305 g/mol. The summed E-state index contributed by atoms with van der Waals surface area (Å²) in [5, 5.41) is 2.69. The molecule has 5 nitrogen and oxygen atoms in total. The number of pyridine rings is 1. The van der Waals surface area contributed by atoms with Crippen LogP contribution < -0.4 is 5.32 Å². The van der Waals surface area contributed by atoms with Gasteiger partial charge in [-0.05, 0) is 24.5 Å². The molecule has 0 aliphatic carbocycles. The number of thioether (sulfide) groups is 1. The third-order valence-corrected chi connectivity index (χ3v) is 3.09. The Kier molecular flexibility index (Phi) is 4.41. The Morgan fingerprint density at radius 2 is 2.00 bits per heavy atom. The van der Waals surface area contributed by atoms with E-state index >= 15 is 0 Å². The predicted octanol–water partition coefficient (Wildman–Crippen LogP) is 2.86. The number of rotatable bonds is 3. The van der Waals surface area contributed by atoms with E-state index in [0.717, 1.165) is 12.3 Å². The topological polar surface area (TPSA) is 67.8 Å². The van der Waals surface area contributed by atoms with Crippen LogP contribution in [0.5, 0.6) is 0 Å². The fourth-order valence-electron chi connectivity index (χ4n) is 1.47. The van der Waals surface area contributed by atoms with Gasteiger partial charge in [-0.15, -0.1) is 11.8 Å². The molecule has 9 heteroatoms. The van der Waals surface area contributed by atoms with Gasteiger partial charge in [-0.2, -0.15) is 13.2 Å². The average Bonchev–Trinajstić information content (AvgIpc) is 2.46. The van der Waals surface area contributed by atoms with Gasteiger partial charge in [0.05, 0.1) is 5.56 Å². The number of aromatic nitrogens is 3. The minimum Gasteiger partial charge on any atom is -0.290 e. The van der Waals surface area contributed by atoms with E-state index < -0.39 is 23.7 Å². The van der Waals surface area contributed by atoms with Crippen LogP contribution in [0.3, 0.4) is 0 Å². The second-order valence-electron chi connectivity index (χ2n) is 3.78. The quantitative estimate of drug-likeness (QED) is 0.882. The molecule has 0 radical (unpaired) electrons. The fourth-order valence-corrected chi connectivity index (χ4v) is 2.02. The molecule has 2 rings (SSSR count). The van der Waals surface area contributed by atoms with Crippen molar-refractivity contribution in [3.8, 4) is 0 Å². The van der Waals surface area contributed by atoms with E-state index in [-0.39, 0.29) is 5.56 Å². The molecule has 110 valence electrons. The van der Waals surface area contributed by atoms with Crippen LogP contribution in [0, 0.1) is 0 Å². The summed E-state index contributed by atoms with van der Waals surface area (Å²) in [7, 11) is 0. The minimum atomic E-state index is -4.60. The highest BCUT2D eigenvalue weighted by atomic mass is 32.2. The molecule has 2 aromatic rings. The van der Waals surface area contributed by atoms with Crippen LogP contribution in [0.2, 0.25) is 0 Å². The van der Waals surface area contributed by atoms with Gasteiger partial charge in [0.15, 0.2) is 0 Å². The number of halogens is 3. The predicted molar refractivity (Wildman–Crippen MR) is 71.0 cm³/mol. The second kappa shape index (κ2) is 6.08. The molecule has 0 bridgehead atoms. The van der Waals surface area contributed by atoms with Crippen molar-refractivity contribution in [3.05, 3.63) is 41.9 Å². The van der Waals surface area contributed by atoms with Gasteiger partial charge < -0.3 is 0 Å². The van der Waals surface area contributed by atoms with Crippen LogP contribution in [0.15, 0.2) is 35.6 Å². The zero-order chi connectivity index (χ0) is 15.5. The molecule has 2 aromatic heterocycles. The Labute approximate surface area is 122 Å². The van der Waals surface area contributed by atoms with Crippen LogP contribution in [-0.2, 0) is 6.18 Å². The third-order valence-electron chi connectivity index (χ3n) is 2.38. The molecule has 1 amide bonds. The number of carbonyl (C=O) groups excluding carboxylic acids is 1. The van der Waals surface area contributed by atoms with Crippen molar-refractivity contribution in [2.24, 2.45) is 0 Å². The third kappa shape index (κ3) is 3.69. The van der Waals surface area contributed by atoms with E-state index in [1.807, 2.05) is 0 Å². The molecule has 0 aromatic carbocycles. The largest absolute Gasteiger partial charge is 0.433 e. The second-order valence-corrected chi connectivity index (χ2v) is 4.57. The van der Waals surface area contributed by atoms with Gasteiger partial charge in [0.2, 0.25) is 5.95 Å². The molecule has 0 spiro atoms. The molecule has 0 aliphatic rings. The summed E-state index contributed by atoms with van der Waals surface area (Å²) in [6.45, 7) is 0. The van der Waals surface area contributed by atoms with Gasteiger partial charge in [-0.25, -0.2) is 15.0 Å². The summed E-state index contributed by atoms with van der Waals surface area (Å²) >= 11 is 1.25. The van der Waals surface area contributed by atoms with Crippen molar-refractivity contribution in [1.29, 1.82) is 0 Å². The van der Waals surface area contributed by atoms with Crippen molar-refractivity contribution < 1.29 is 18.0 Å². The molecule has 0 saturated carbocycles. The number of carbonyl (C=O) groups is 1. The number of alkyl halides is 3. The van der Waals surface area contributed by atoms with E-state index in [1.54, 1.807) is 12.3 Å². The van der Waals surface area contributed by atoms with Gasteiger partial charge in [-0.3, -0.25) is 10.1 Å². The molecule has 2 heterocycles. The van der Waals surface area contributed by atoms with Crippen molar-refractivity contribution >= 4 is 23.6 Å². The van der Waals surface area contributed by atoms with E-state index in [1.165, 1.54) is 24.0 Å². The number of amides is 1. The first-order valence-electron chi connectivity index (χ1n) is 5.62. The monoisotopic (exact) mass is 314 g/mol. The van der Waals surface area contributed by atoms with Crippen LogP contribution >= 0.6 is 11.8 Å². The molecule has 0 unspecified atom stereocenters. The highest BCUT2D eigenvalue weighted by Crippen LogP contribution is 2.27. The summed E-state index contributed by atoms with van der Waals surface area (Å²) in [6.07, 6.45) is -0.408. The zero-order valence-corrected chi connectivity index (χ0v) is 11.5. The number of hydrogen-bond donors (Lipinski definition) is 1. The van der Waals surface area contributed by atoms with Gasteiger partial charge >= 0.3 is 6.18 Å². The van der Waals surface area contributed by atoms with Gasteiger partial charge in [0, 0.05) is 12.4 Å². The fraction of sp³-hybridized carbons (Fsp3) is 0.167. The first-order chi connectivity index (χ1) is 9.91. The molecule has 0 saturated heterocycles. The highest BCUT2D eigenvalue weighted by molar-refractivity contribution is 7.98. The highest BCUT2D eigenvalue weighted by Gasteiger charge is 2.33. The maximum atomic E-state index is 12.5. The van der Waals surface area contributed by atoms with Crippen molar-refractivity contribution in [3.63, 3.8) is 0 Å². The summed E-state index contributed by atoms with van der Waals surface area (Å²) < 4.78 is 37.6. The van der Waals surface area contributed by atoms with Crippen molar-refractivity contribution in [2.45, 2.75) is 11.2 Å². The van der Waals surface area contributed by atoms with Crippen molar-refractivity contribution in [1.82, 2.24) is 15.0 Å². The lowest BCUT2D eigenvalue weighted by atomic mass is 10.3. The number of hydrogen-bond acceptors (Lipinski definition) is 5. The Morgan fingerprint density at radius 3 is 2.67 bits per heavy atom. The summed E-state index contributed by atoms with van der Waals surface area (Å²) in [4.78, 5) is 22.9. The van der Waals surface area contributed by atoms with E-state index in [2.05, 4.69) is 20.3 Å². The number of nitrogens with one attached hydrogen (secondary N) is 1. The van der Waals surface area contributed by atoms with E-state index in [0.29, 0.717) is 5.03 Å². The van der Waals surface area contributed by atoms with Crippen LogP contribution in [0.1, 0.15) is 16.1 Å². The molecule has 0 aliphatic heterocycles. The first-order valence-corrected chi connectivity index (χ1v) is 6.85. The van der Waals surface area contributed by atoms with E-state index in [4.69, 9.17) is 0 Å². The Morgan fingerprint density at radius 1 is 1.24 bits per heavy atom. The molecule has 0 fully saturated rings. The maximum absolute atomic E-state index is 12.5. The Bertz CT molecular complexity index is 663. The SMILES string of the molecule is CSc1ncccc1C(=O)Nc1nccc(C(F)(F)F)n1. The number of anilines is 1. The number of nitrogens with zero attached hydrogens (tertiary/aromatic N) is 3. The van der Waals surface area contributed by atoms with Crippen LogP contribution in [-0.4, -0.2) is 27.1 Å². The summed E-state index contributed by atoms with van der Waals surface area (Å²) in [6, 6.07) is 3.80. The lowest BCUT2D eigenvalue weighted by Crippen LogP contribution is -2.17. The molecule has 21 heavy (non-hydrogen) atoms. The summed E-state index contributed by atoms with van der Waals surface area (Å²) in [5.41, 5.74) is -0.880. The first kappa shape index (κ1) is 15.2. The minimum absolute atomic E-state index is 0.242. The smallest absolute Gasteiger partial charge is 0.290 e. The maximum Gasteiger partial charge on any atom is 0.433 e. The lowest BCUT2D eigenvalue weighted by Gasteiger charge is -2.09. The standard InChI is InChI=1S/C12H9F3N4OS/c1-21-10-7(3-2-5-16-10)9(20)19-11-17-6-4-8(18-11)12(13,14)15/h2-6H,1H3,(H,17,18,19,20). The van der Waals surface area contributed by atoms with Crippen LogP contribution in [0.25, 0.3) is 0 Å². The average molecular weight is 314 g/mol. The summed E-state index contributed by atoms with van der Waals surface area (Å²) in [5.74, 6) is -1.03. The molecular formula is C12H9F3N4OS. The normalized spacial score (nSPS) is 11.2. The Balaban J connectivity index is 2.24. The van der Waals surface area contributed by atoms with Gasteiger partial charge in [0.1, 0.15) is 10.7 Å². The van der Waals surface area contributed by atoms with E-state index in [9.17, 15) is 18.0 Å². The zero-order valence-electron chi connectivity index (χ0n) is 10.7. The van der Waals surface area contributed by atoms with Gasteiger partial charge in [0.25, 0.3) is 5.91 Å². The molecule has 1 N–H and O–H groups in total. The lowest BCUT2D eigenvalue weighted by molar-refractivity contribution is -0.141. The van der Waals surface area contributed by atoms with Crippen molar-refractivity contribution in [2.75, 3.05) is 11.6 Å². The van der Waals surface area contributed by atoms with Crippen LogP contribution in [0.4, 0.5) is 19.1 Å². The Hall–Kier alpha value is -2.16. The molecule has 0 atom stereocenters.